The van der Waals surface area contributed by atoms with Gasteiger partial charge in [0.2, 0.25) is 15.9 Å². The van der Waals surface area contributed by atoms with Crippen LogP contribution in [0.2, 0.25) is 5.02 Å². The van der Waals surface area contributed by atoms with Gasteiger partial charge in [-0.1, -0.05) is 11.6 Å². The molecule has 166 valence electrons. The number of likely N-dealkylation sites (N-methyl/N-ethyl adjacent to an activating group) is 1. The number of hydrogen-bond donors (Lipinski definition) is 2. The molecule has 31 heavy (non-hydrogen) atoms. The molecule has 0 aliphatic heterocycles. The topological polar surface area (TPSA) is 122 Å². The highest BCUT2D eigenvalue weighted by Gasteiger charge is 2.25. The Morgan fingerprint density at radius 1 is 1.00 bits per heavy atom. The number of anilines is 2. The van der Waals surface area contributed by atoms with E-state index in [4.69, 9.17) is 16.3 Å². The first-order valence-corrected chi connectivity index (χ1v) is 10.9. The summed E-state index contributed by atoms with van der Waals surface area (Å²) < 4.78 is 30.9. The number of esters is 1. The Morgan fingerprint density at radius 2 is 1.52 bits per heavy atom. The number of hydrogen-bond acceptors (Lipinski definition) is 6. The van der Waals surface area contributed by atoms with Crippen LogP contribution < -0.4 is 10.6 Å². The molecule has 0 unspecified atom stereocenters. The highest BCUT2D eigenvalue weighted by atomic mass is 35.5. The molecule has 2 amide bonds. The van der Waals surface area contributed by atoms with Gasteiger partial charge in [-0.3, -0.25) is 14.4 Å². The van der Waals surface area contributed by atoms with Gasteiger partial charge in [0.25, 0.3) is 5.91 Å². The van der Waals surface area contributed by atoms with Crippen molar-refractivity contribution in [3.05, 3.63) is 53.6 Å². The molecule has 0 fully saturated rings. The zero-order valence-corrected chi connectivity index (χ0v) is 18.7. The molecule has 2 rings (SSSR count). The standard InChI is InChI=1S/C20H22ClN3O6S/c1-13(20(27)23-17-8-6-16(7-9-17)22-14(2)25)30-19(26)12-24(3)31(28,29)18-10-4-15(21)5-11-18/h4-11,13H,12H2,1-3H3,(H,22,25)(H,23,27)/t13-/m1/s1. The monoisotopic (exact) mass is 467 g/mol. The van der Waals surface area contributed by atoms with Gasteiger partial charge in [0.15, 0.2) is 6.10 Å². The molecular weight excluding hydrogens is 446 g/mol. The zero-order chi connectivity index (χ0) is 23.2. The summed E-state index contributed by atoms with van der Waals surface area (Å²) in [4.78, 5) is 35.4. The number of nitrogens with one attached hydrogen (secondary N) is 2. The van der Waals surface area contributed by atoms with E-state index in [1.54, 1.807) is 24.3 Å². The summed E-state index contributed by atoms with van der Waals surface area (Å²) in [6, 6.07) is 11.9. The van der Waals surface area contributed by atoms with Crippen LogP contribution in [0.1, 0.15) is 13.8 Å². The molecule has 0 aliphatic carbocycles. The summed E-state index contributed by atoms with van der Waals surface area (Å²) in [6.07, 6.45) is -1.16. The summed E-state index contributed by atoms with van der Waals surface area (Å²) >= 11 is 5.76. The van der Waals surface area contributed by atoms with E-state index in [0.717, 1.165) is 4.31 Å². The Bertz CT molecular complexity index is 1060. The summed E-state index contributed by atoms with van der Waals surface area (Å²) in [5.41, 5.74) is 0.999. The van der Waals surface area contributed by atoms with E-state index in [1.807, 2.05) is 0 Å². The molecule has 2 N–H and O–H groups in total. The first kappa shape index (κ1) is 24.3. The summed E-state index contributed by atoms with van der Waals surface area (Å²) in [6.45, 7) is 2.17. The van der Waals surface area contributed by atoms with Gasteiger partial charge in [0.05, 0.1) is 4.90 Å². The van der Waals surface area contributed by atoms with Crippen LogP contribution in [0.25, 0.3) is 0 Å². The number of ether oxygens (including phenoxy) is 1. The minimum absolute atomic E-state index is 0.0271. The Morgan fingerprint density at radius 3 is 2.03 bits per heavy atom. The fraction of sp³-hybridized carbons (Fsp3) is 0.250. The number of rotatable bonds is 8. The molecule has 0 heterocycles. The second-order valence-electron chi connectivity index (χ2n) is 6.59. The largest absolute Gasteiger partial charge is 0.452 e. The number of carbonyl (C=O) groups excluding carboxylic acids is 3. The molecule has 9 nitrogen and oxygen atoms in total. The van der Waals surface area contributed by atoms with Gasteiger partial charge in [-0.2, -0.15) is 4.31 Å². The summed E-state index contributed by atoms with van der Waals surface area (Å²) in [5.74, 6) is -1.70. The van der Waals surface area contributed by atoms with Crippen LogP contribution in [0.15, 0.2) is 53.4 Å². The Balaban J connectivity index is 1.91. The molecule has 0 bridgehead atoms. The van der Waals surface area contributed by atoms with Crippen LogP contribution in [0.5, 0.6) is 0 Å². The van der Waals surface area contributed by atoms with Gasteiger partial charge in [-0.05, 0) is 55.5 Å². The van der Waals surface area contributed by atoms with E-state index < -0.39 is 34.5 Å². The lowest BCUT2D eigenvalue weighted by Crippen LogP contribution is -2.37. The van der Waals surface area contributed by atoms with Gasteiger partial charge < -0.3 is 15.4 Å². The van der Waals surface area contributed by atoms with Crippen LogP contribution in [-0.2, 0) is 29.1 Å². The maximum absolute atomic E-state index is 12.5. The van der Waals surface area contributed by atoms with Crippen molar-refractivity contribution in [1.82, 2.24) is 4.31 Å². The number of nitrogens with zero attached hydrogens (tertiary/aromatic N) is 1. The van der Waals surface area contributed by atoms with Gasteiger partial charge in [0.1, 0.15) is 6.54 Å². The lowest BCUT2D eigenvalue weighted by molar-refractivity contribution is -0.153. The fourth-order valence-electron chi connectivity index (χ4n) is 2.43. The van der Waals surface area contributed by atoms with Crippen LogP contribution in [0.4, 0.5) is 11.4 Å². The number of benzene rings is 2. The van der Waals surface area contributed by atoms with Gasteiger partial charge in [-0.25, -0.2) is 8.42 Å². The van der Waals surface area contributed by atoms with E-state index >= 15 is 0 Å². The van der Waals surface area contributed by atoms with Crippen LogP contribution in [0, 0.1) is 0 Å². The maximum Gasteiger partial charge on any atom is 0.322 e. The Labute approximate surface area is 185 Å². The molecule has 0 saturated heterocycles. The smallest absolute Gasteiger partial charge is 0.322 e. The lowest BCUT2D eigenvalue weighted by Gasteiger charge is -2.18. The summed E-state index contributed by atoms with van der Waals surface area (Å²) in [5, 5.41) is 5.55. The van der Waals surface area contributed by atoms with Gasteiger partial charge >= 0.3 is 5.97 Å². The second-order valence-corrected chi connectivity index (χ2v) is 9.08. The molecule has 0 saturated carbocycles. The molecular formula is C20H22ClN3O6S. The molecule has 0 aliphatic rings. The maximum atomic E-state index is 12.5. The van der Waals surface area contributed by atoms with Crippen LogP contribution >= 0.6 is 11.6 Å². The number of sulfonamides is 1. The van der Waals surface area contributed by atoms with Crippen molar-refractivity contribution in [2.45, 2.75) is 24.8 Å². The highest BCUT2D eigenvalue weighted by Crippen LogP contribution is 2.18. The summed E-state index contributed by atoms with van der Waals surface area (Å²) in [7, 11) is -2.70. The van der Waals surface area contributed by atoms with Crippen molar-refractivity contribution in [3.8, 4) is 0 Å². The third-order valence-electron chi connectivity index (χ3n) is 4.02. The van der Waals surface area contributed by atoms with Crippen molar-refractivity contribution in [3.63, 3.8) is 0 Å². The number of halogens is 1. The minimum Gasteiger partial charge on any atom is -0.452 e. The first-order valence-electron chi connectivity index (χ1n) is 9.09. The molecule has 1 atom stereocenters. The molecule has 0 aromatic heterocycles. The van der Waals surface area contributed by atoms with E-state index in [-0.39, 0.29) is 10.8 Å². The normalized spacial score (nSPS) is 12.2. The van der Waals surface area contributed by atoms with Crippen LogP contribution in [-0.4, -0.2) is 50.2 Å². The average molecular weight is 468 g/mol. The quantitative estimate of drug-likeness (QED) is 0.575. The number of carbonyl (C=O) groups is 3. The molecule has 11 heteroatoms. The zero-order valence-electron chi connectivity index (χ0n) is 17.1. The van der Waals surface area contributed by atoms with E-state index in [9.17, 15) is 22.8 Å². The third-order valence-corrected chi connectivity index (χ3v) is 6.09. The Kier molecular flexibility index (Phi) is 8.14. The fourth-order valence-corrected chi connectivity index (χ4v) is 3.67. The third kappa shape index (κ3) is 7.06. The molecule has 0 spiro atoms. The Hall–Kier alpha value is -2.95. The van der Waals surface area contributed by atoms with E-state index in [0.29, 0.717) is 16.4 Å². The predicted molar refractivity (Wildman–Crippen MR) is 116 cm³/mol. The van der Waals surface area contributed by atoms with Gasteiger partial charge in [0, 0.05) is 30.4 Å². The van der Waals surface area contributed by atoms with E-state index in [2.05, 4.69) is 10.6 Å². The van der Waals surface area contributed by atoms with E-state index in [1.165, 1.54) is 45.2 Å². The van der Waals surface area contributed by atoms with Gasteiger partial charge in [-0.15, -0.1) is 0 Å². The second kappa shape index (κ2) is 10.4. The lowest BCUT2D eigenvalue weighted by atomic mass is 10.2. The van der Waals surface area contributed by atoms with Crippen molar-refractivity contribution in [1.29, 1.82) is 0 Å². The first-order chi connectivity index (χ1) is 14.5. The average Bonchev–Trinajstić information content (AvgIpc) is 2.69. The number of amides is 2. The van der Waals surface area contributed by atoms with Crippen molar-refractivity contribution in [2.75, 3.05) is 24.2 Å². The highest BCUT2D eigenvalue weighted by molar-refractivity contribution is 7.89. The SMILES string of the molecule is CC(=O)Nc1ccc(NC(=O)[C@@H](C)OC(=O)CN(C)S(=O)(=O)c2ccc(Cl)cc2)cc1. The molecule has 2 aromatic carbocycles. The van der Waals surface area contributed by atoms with Crippen molar-refractivity contribution in [2.24, 2.45) is 0 Å². The van der Waals surface area contributed by atoms with Crippen molar-refractivity contribution >= 4 is 50.8 Å². The molecule has 0 radical (unpaired) electrons. The minimum atomic E-state index is -3.92. The predicted octanol–water partition coefficient (Wildman–Crippen LogP) is 2.49. The van der Waals surface area contributed by atoms with Crippen LogP contribution in [0.3, 0.4) is 0 Å². The van der Waals surface area contributed by atoms with Crippen molar-refractivity contribution < 1.29 is 27.5 Å². The molecule has 2 aromatic rings.